The molecule has 0 heterocycles. The minimum Gasteiger partial charge on any atom is -0.311 e. The largest absolute Gasteiger partial charge is 0.311 e. The van der Waals surface area contributed by atoms with Crippen LogP contribution in [0.3, 0.4) is 0 Å². The van der Waals surface area contributed by atoms with Crippen molar-refractivity contribution in [3.63, 3.8) is 0 Å². The number of hydrogen-bond acceptors (Lipinski definition) is 1. The third-order valence-electron chi connectivity index (χ3n) is 3.64. The van der Waals surface area contributed by atoms with Crippen molar-refractivity contribution in [1.29, 1.82) is 0 Å². The molecule has 0 rings (SSSR count). The van der Waals surface area contributed by atoms with Crippen LogP contribution in [0.4, 0.5) is 0 Å². The van der Waals surface area contributed by atoms with Gasteiger partial charge >= 0.3 is 0 Å². The van der Waals surface area contributed by atoms with E-state index in [-0.39, 0.29) is 0 Å². The molecule has 108 valence electrons. The van der Waals surface area contributed by atoms with Crippen molar-refractivity contribution in [3.8, 4) is 0 Å². The number of likely N-dealkylation sites (N-methyl/N-ethyl adjacent to an activating group) is 1. The molecule has 1 nitrogen and oxygen atoms in total. The predicted molar refractivity (Wildman–Crippen MR) is 84.1 cm³/mol. The van der Waals surface area contributed by atoms with Gasteiger partial charge in [0.25, 0.3) is 0 Å². The summed E-state index contributed by atoms with van der Waals surface area (Å²) in [6, 6.07) is 0.541. The normalized spacial score (nSPS) is 12.6. The Morgan fingerprint density at radius 2 is 1.39 bits per heavy atom. The van der Waals surface area contributed by atoms with Crippen LogP contribution in [0.25, 0.3) is 0 Å². The highest BCUT2D eigenvalue weighted by atomic mass is 14.9. The fourth-order valence-electron chi connectivity index (χ4n) is 2.43. The predicted octanol–water partition coefficient (Wildman–Crippen LogP) is 5.46. The van der Waals surface area contributed by atoms with Gasteiger partial charge in [-0.05, 0) is 19.9 Å². The van der Waals surface area contributed by atoms with Gasteiger partial charge in [0.1, 0.15) is 0 Å². The molecule has 1 atom stereocenters. The van der Waals surface area contributed by atoms with Crippen LogP contribution in [-0.2, 0) is 0 Å². The molecule has 0 fully saturated rings. The number of hydrogen-bond donors (Lipinski definition) is 1. The summed E-state index contributed by atoms with van der Waals surface area (Å²) in [6.45, 7) is 11.7. The highest BCUT2D eigenvalue weighted by molar-refractivity contribution is 5.00. The second kappa shape index (κ2) is 13.1. The first-order valence-corrected chi connectivity index (χ1v) is 8.11. The lowest BCUT2D eigenvalue weighted by atomic mass is 10.0. The zero-order chi connectivity index (χ0) is 13.6. The van der Waals surface area contributed by atoms with Gasteiger partial charge in [-0.15, -0.1) is 0 Å². The highest BCUT2D eigenvalue weighted by Crippen LogP contribution is 2.13. The molecule has 0 aliphatic heterocycles. The van der Waals surface area contributed by atoms with Crippen LogP contribution < -0.4 is 5.32 Å². The molecule has 0 aromatic rings. The lowest BCUT2D eigenvalue weighted by Crippen LogP contribution is -2.29. The number of rotatable bonds is 13. The van der Waals surface area contributed by atoms with E-state index in [1.165, 1.54) is 69.8 Å². The number of nitrogens with one attached hydrogen (secondary N) is 1. The van der Waals surface area contributed by atoms with E-state index < -0.39 is 0 Å². The Morgan fingerprint density at radius 1 is 0.889 bits per heavy atom. The second-order valence-electron chi connectivity index (χ2n) is 5.57. The maximum atomic E-state index is 4.07. The van der Waals surface area contributed by atoms with E-state index in [0.29, 0.717) is 6.04 Å². The van der Waals surface area contributed by atoms with Gasteiger partial charge in [0.15, 0.2) is 0 Å². The topological polar surface area (TPSA) is 12.0 Å². The first-order valence-electron chi connectivity index (χ1n) is 8.11. The molecule has 0 aliphatic carbocycles. The van der Waals surface area contributed by atoms with Gasteiger partial charge < -0.3 is 5.32 Å². The Labute approximate surface area is 115 Å². The zero-order valence-electron chi connectivity index (χ0n) is 13.1. The Kier molecular flexibility index (Phi) is 12.9. The maximum absolute atomic E-state index is 4.07. The Balaban J connectivity index is 3.30. The molecular formula is C17H35N. The van der Waals surface area contributed by atoms with Gasteiger partial charge in [0.05, 0.1) is 0 Å². The van der Waals surface area contributed by atoms with Gasteiger partial charge in [0, 0.05) is 6.04 Å². The molecule has 0 spiro atoms. The van der Waals surface area contributed by atoms with Crippen LogP contribution in [0.5, 0.6) is 0 Å². The third kappa shape index (κ3) is 10.8. The summed E-state index contributed by atoms with van der Waals surface area (Å²) >= 11 is 0. The van der Waals surface area contributed by atoms with Crippen LogP contribution in [0.1, 0.15) is 85.0 Å². The standard InChI is InChI=1S/C17H35N/c1-5-7-8-9-10-11-12-13-14-15-17(16(3)4)18-6-2/h17-18H,3,5-15H2,1-2,4H3. The Bertz CT molecular complexity index is 186. The molecule has 0 aromatic heterocycles. The zero-order valence-corrected chi connectivity index (χ0v) is 13.1. The summed E-state index contributed by atoms with van der Waals surface area (Å²) in [5, 5.41) is 3.51. The minimum atomic E-state index is 0.541. The van der Waals surface area contributed by atoms with Crippen molar-refractivity contribution in [1.82, 2.24) is 5.32 Å². The lowest BCUT2D eigenvalue weighted by molar-refractivity contribution is 0.500. The van der Waals surface area contributed by atoms with E-state index in [4.69, 9.17) is 0 Å². The summed E-state index contributed by atoms with van der Waals surface area (Å²) in [7, 11) is 0. The van der Waals surface area contributed by atoms with E-state index in [1.807, 2.05) is 0 Å². The summed E-state index contributed by atoms with van der Waals surface area (Å²) in [5.74, 6) is 0. The average molecular weight is 253 g/mol. The third-order valence-corrected chi connectivity index (χ3v) is 3.64. The lowest BCUT2D eigenvalue weighted by Gasteiger charge is -2.17. The van der Waals surface area contributed by atoms with Crippen molar-refractivity contribution in [2.24, 2.45) is 0 Å². The molecule has 0 amide bonds. The van der Waals surface area contributed by atoms with Crippen LogP contribution in [0.2, 0.25) is 0 Å². The molecule has 0 bridgehead atoms. The van der Waals surface area contributed by atoms with E-state index in [0.717, 1.165) is 6.54 Å². The molecule has 1 heteroatoms. The quantitative estimate of drug-likeness (QED) is 0.339. The molecule has 18 heavy (non-hydrogen) atoms. The fourth-order valence-corrected chi connectivity index (χ4v) is 2.43. The van der Waals surface area contributed by atoms with Gasteiger partial charge in [0.2, 0.25) is 0 Å². The summed E-state index contributed by atoms with van der Waals surface area (Å²) < 4.78 is 0. The van der Waals surface area contributed by atoms with Crippen LogP contribution >= 0.6 is 0 Å². The Hall–Kier alpha value is -0.300. The van der Waals surface area contributed by atoms with Gasteiger partial charge in [-0.3, -0.25) is 0 Å². The average Bonchev–Trinajstić information content (AvgIpc) is 2.35. The summed E-state index contributed by atoms with van der Waals surface area (Å²) in [5.41, 5.74) is 1.29. The molecular weight excluding hydrogens is 218 g/mol. The van der Waals surface area contributed by atoms with Crippen molar-refractivity contribution < 1.29 is 0 Å². The van der Waals surface area contributed by atoms with E-state index in [2.05, 4.69) is 32.7 Å². The smallest absolute Gasteiger partial charge is 0.0273 e. The minimum absolute atomic E-state index is 0.541. The number of unbranched alkanes of at least 4 members (excludes halogenated alkanes) is 8. The molecule has 0 aromatic carbocycles. The highest BCUT2D eigenvalue weighted by Gasteiger charge is 2.06. The van der Waals surface area contributed by atoms with Gasteiger partial charge in [-0.25, -0.2) is 0 Å². The van der Waals surface area contributed by atoms with Crippen LogP contribution in [0, 0.1) is 0 Å². The van der Waals surface area contributed by atoms with Gasteiger partial charge in [-0.1, -0.05) is 83.8 Å². The Morgan fingerprint density at radius 3 is 1.83 bits per heavy atom. The monoisotopic (exact) mass is 253 g/mol. The van der Waals surface area contributed by atoms with Crippen molar-refractivity contribution >= 4 is 0 Å². The van der Waals surface area contributed by atoms with Gasteiger partial charge in [-0.2, -0.15) is 0 Å². The van der Waals surface area contributed by atoms with E-state index in [9.17, 15) is 0 Å². The maximum Gasteiger partial charge on any atom is 0.0273 e. The molecule has 1 N–H and O–H groups in total. The van der Waals surface area contributed by atoms with E-state index in [1.54, 1.807) is 0 Å². The summed E-state index contributed by atoms with van der Waals surface area (Å²) in [6.07, 6.45) is 14.0. The molecule has 0 saturated carbocycles. The van der Waals surface area contributed by atoms with Crippen LogP contribution in [-0.4, -0.2) is 12.6 Å². The molecule has 0 aliphatic rings. The second-order valence-corrected chi connectivity index (χ2v) is 5.57. The molecule has 0 saturated heterocycles. The summed E-state index contributed by atoms with van der Waals surface area (Å²) in [4.78, 5) is 0. The van der Waals surface area contributed by atoms with Crippen molar-refractivity contribution in [2.45, 2.75) is 91.0 Å². The fraction of sp³-hybridized carbons (Fsp3) is 0.882. The first-order chi connectivity index (χ1) is 8.72. The molecule has 1 unspecified atom stereocenters. The molecule has 0 radical (unpaired) electrons. The van der Waals surface area contributed by atoms with Crippen molar-refractivity contribution in [3.05, 3.63) is 12.2 Å². The SMILES string of the molecule is C=C(C)C(CCCCCCCCCCC)NCC. The van der Waals surface area contributed by atoms with E-state index >= 15 is 0 Å². The first kappa shape index (κ1) is 17.7. The van der Waals surface area contributed by atoms with Crippen LogP contribution in [0.15, 0.2) is 12.2 Å². The van der Waals surface area contributed by atoms with Crippen molar-refractivity contribution in [2.75, 3.05) is 6.54 Å².